The number of nitrogens with zero attached hydrogens (tertiary/aromatic N) is 1. The van der Waals surface area contributed by atoms with E-state index in [1.807, 2.05) is 20.8 Å². The zero-order valence-electron chi connectivity index (χ0n) is 16.3. The van der Waals surface area contributed by atoms with Crippen molar-refractivity contribution in [2.75, 3.05) is 0 Å². The lowest BCUT2D eigenvalue weighted by Crippen LogP contribution is -2.51. The Balaban J connectivity index is 2.13. The first-order valence-corrected chi connectivity index (χ1v) is 11.0. The highest BCUT2D eigenvalue weighted by molar-refractivity contribution is 7.93. The van der Waals surface area contributed by atoms with Crippen LogP contribution in [0.3, 0.4) is 0 Å². The third-order valence-electron chi connectivity index (χ3n) is 5.21. The van der Waals surface area contributed by atoms with Gasteiger partial charge in [0.1, 0.15) is 5.25 Å². The fraction of sp³-hybridized carbons (Fsp3) is 0.364. The summed E-state index contributed by atoms with van der Waals surface area (Å²) >= 11 is 0. The maximum Gasteiger partial charge on any atom is 0.223 e. The number of likely N-dealkylation sites (tertiary alicyclic amines) is 1. The smallest absolute Gasteiger partial charge is 0.223 e. The predicted molar refractivity (Wildman–Crippen MR) is 108 cm³/mol. The molecule has 0 unspecified atom stereocenters. The van der Waals surface area contributed by atoms with Crippen molar-refractivity contribution in [2.24, 2.45) is 0 Å². The van der Waals surface area contributed by atoms with Gasteiger partial charge in [-0.3, -0.25) is 9.59 Å². The van der Waals surface area contributed by atoms with Gasteiger partial charge in [-0.1, -0.05) is 48.0 Å². The van der Waals surface area contributed by atoms with Crippen LogP contribution >= 0.6 is 0 Å². The molecule has 0 saturated carbocycles. The van der Waals surface area contributed by atoms with Crippen LogP contribution in [0.15, 0.2) is 59.5 Å². The Bertz CT molecular complexity index is 965. The number of Topliss-reactive ketones (excluding diaryl/α,β-unsaturated/α-hetero) is 1. The van der Waals surface area contributed by atoms with E-state index in [0.29, 0.717) is 12.0 Å². The van der Waals surface area contributed by atoms with E-state index in [4.69, 9.17) is 0 Å². The molecule has 0 bridgehead atoms. The number of aryl methyl sites for hydroxylation is 1. The molecular formula is C22H25NO4S. The van der Waals surface area contributed by atoms with Gasteiger partial charge in [0.25, 0.3) is 0 Å². The summed E-state index contributed by atoms with van der Waals surface area (Å²) in [6.45, 7) is 5.57. The minimum absolute atomic E-state index is 0.107. The SMILES string of the molecule is Cc1ccc(S(=O)(=O)[C@@H](C(=O)c2ccccc2)[C@@H]2CCC(=O)N2C(C)C)cc1. The predicted octanol–water partition coefficient (Wildman–Crippen LogP) is 3.42. The molecule has 1 aliphatic rings. The monoisotopic (exact) mass is 399 g/mol. The van der Waals surface area contributed by atoms with Crippen LogP contribution in [0.1, 0.15) is 42.6 Å². The second-order valence-electron chi connectivity index (χ2n) is 7.51. The molecule has 1 fully saturated rings. The molecule has 2 aromatic carbocycles. The topological polar surface area (TPSA) is 71.5 Å². The van der Waals surface area contributed by atoms with Gasteiger partial charge in [-0.05, 0) is 39.3 Å². The molecule has 0 spiro atoms. The maximum absolute atomic E-state index is 13.6. The average molecular weight is 400 g/mol. The molecule has 0 N–H and O–H groups in total. The van der Waals surface area contributed by atoms with Crippen LogP contribution in [0.25, 0.3) is 0 Å². The molecule has 5 nitrogen and oxygen atoms in total. The van der Waals surface area contributed by atoms with Gasteiger partial charge in [-0.15, -0.1) is 0 Å². The number of carbonyl (C=O) groups excluding carboxylic acids is 2. The first kappa shape index (κ1) is 20.3. The number of hydrogen-bond donors (Lipinski definition) is 0. The summed E-state index contributed by atoms with van der Waals surface area (Å²) in [6.07, 6.45) is 0.607. The molecular weight excluding hydrogens is 374 g/mol. The summed E-state index contributed by atoms with van der Waals surface area (Å²) in [5.41, 5.74) is 1.27. The normalized spacial score (nSPS) is 18.5. The van der Waals surface area contributed by atoms with Crippen molar-refractivity contribution in [2.45, 2.75) is 55.8 Å². The van der Waals surface area contributed by atoms with E-state index in [1.165, 1.54) is 12.1 Å². The fourth-order valence-electron chi connectivity index (χ4n) is 3.86. The summed E-state index contributed by atoms with van der Waals surface area (Å²) in [7, 11) is -3.98. The molecule has 1 aliphatic heterocycles. The lowest BCUT2D eigenvalue weighted by Gasteiger charge is -2.33. The molecule has 6 heteroatoms. The van der Waals surface area contributed by atoms with Gasteiger partial charge in [-0.2, -0.15) is 0 Å². The number of benzene rings is 2. The first-order valence-electron chi connectivity index (χ1n) is 9.44. The third kappa shape index (κ3) is 3.74. The van der Waals surface area contributed by atoms with Crippen LogP contribution in [-0.4, -0.2) is 42.3 Å². The molecule has 28 heavy (non-hydrogen) atoms. The second kappa shape index (κ2) is 7.87. The molecule has 0 aromatic heterocycles. The minimum Gasteiger partial charge on any atom is -0.335 e. The number of amides is 1. The lowest BCUT2D eigenvalue weighted by molar-refractivity contribution is -0.130. The Morgan fingerprint density at radius 1 is 1.04 bits per heavy atom. The number of ketones is 1. The van der Waals surface area contributed by atoms with Gasteiger partial charge < -0.3 is 4.90 Å². The number of hydrogen-bond acceptors (Lipinski definition) is 4. The van der Waals surface area contributed by atoms with Gasteiger partial charge in [0.15, 0.2) is 15.6 Å². The molecule has 1 amide bonds. The first-order chi connectivity index (χ1) is 13.2. The standard InChI is InChI=1S/C22H25NO4S/c1-15(2)23-19(13-14-20(23)24)22(21(25)17-7-5-4-6-8-17)28(26,27)18-11-9-16(3)10-12-18/h4-12,15,19,22H,13-14H2,1-3H3/t19-,22+/m0/s1. The molecule has 2 aromatic rings. The summed E-state index contributed by atoms with van der Waals surface area (Å²) in [5, 5.41) is -1.33. The highest BCUT2D eigenvalue weighted by Gasteiger charge is 2.48. The van der Waals surface area contributed by atoms with E-state index in [9.17, 15) is 18.0 Å². The number of carbonyl (C=O) groups is 2. The largest absolute Gasteiger partial charge is 0.335 e. The van der Waals surface area contributed by atoms with Gasteiger partial charge >= 0.3 is 0 Å². The average Bonchev–Trinajstić information content (AvgIpc) is 3.04. The molecule has 3 rings (SSSR count). The quantitative estimate of drug-likeness (QED) is 0.698. The Labute approximate surface area is 166 Å². The van der Waals surface area contributed by atoms with Gasteiger partial charge in [0, 0.05) is 18.0 Å². The van der Waals surface area contributed by atoms with Crippen LogP contribution in [0.5, 0.6) is 0 Å². The summed E-state index contributed by atoms with van der Waals surface area (Å²) in [6, 6.07) is 14.1. The van der Waals surface area contributed by atoms with E-state index in [2.05, 4.69) is 0 Å². The Morgan fingerprint density at radius 2 is 1.64 bits per heavy atom. The molecule has 0 aliphatic carbocycles. The van der Waals surface area contributed by atoms with E-state index in [-0.39, 0.29) is 23.3 Å². The fourth-order valence-corrected chi connectivity index (χ4v) is 5.76. The summed E-state index contributed by atoms with van der Waals surface area (Å²) < 4.78 is 27.1. The van der Waals surface area contributed by atoms with Crippen LogP contribution in [-0.2, 0) is 14.6 Å². The molecule has 2 atom stereocenters. The van der Waals surface area contributed by atoms with Gasteiger partial charge in [0.05, 0.1) is 10.9 Å². The highest BCUT2D eigenvalue weighted by Crippen LogP contribution is 2.32. The zero-order chi connectivity index (χ0) is 20.5. The minimum atomic E-state index is -3.98. The van der Waals surface area contributed by atoms with Crippen molar-refractivity contribution < 1.29 is 18.0 Å². The Morgan fingerprint density at radius 3 is 2.21 bits per heavy atom. The van der Waals surface area contributed by atoms with Gasteiger partial charge in [-0.25, -0.2) is 8.42 Å². The van der Waals surface area contributed by atoms with Crippen molar-refractivity contribution in [3.63, 3.8) is 0 Å². The van der Waals surface area contributed by atoms with Crippen LogP contribution in [0.4, 0.5) is 0 Å². The second-order valence-corrected chi connectivity index (χ2v) is 9.58. The Kier molecular flexibility index (Phi) is 5.70. The Hall–Kier alpha value is -2.47. The number of sulfone groups is 1. The van der Waals surface area contributed by atoms with Gasteiger partial charge in [0.2, 0.25) is 5.91 Å². The van der Waals surface area contributed by atoms with Crippen LogP contribution < -0.4 is 0 Å². The third-order valence-corrected chi connectivity index (χ3v) is 7.33. The highest BCUT2D eigenvalue weighted by atomic mass is 32.2. The maximum atomic E-state index is 13.6. The zero-order valence-corrected chi connectivity index (χ0v) is 17.1. The van der Waals surface area contributed by atoms with Crippen molar-refractivity contribution in [3.05, 3.63) is 65.7 Å². The van der Waals surface area contributed by atoms with E-state index >= 15 is 0 Å². The molecule has 1 heterocycles. The molecule has 1 saturated heterocycles. The summed E-state index contributed by atoms with van der Waals surface area (Å²) in [4.78, 5) is 27.5. The van der Waals surface area contributed by atoms with Crippen molar-refractivity contribution >= 4 is 21.5 Å². The van der Waals surface area contributed by atoms with Crippen LogP contribution in [0, 0.1) is 6.92 Å². The molecule has 0 radical (unpaired) electrons. The number of rotatable bonds is 6. The van der Waals surface area contributed by atoms with Crippen LogP contribution in [0.2, 0.25) is 0 Å². The van der Waals surface area contributed by atoms with E-state index in [1.54, 1.807) is 47.4 Å². The van der Waals surface area contributed by atoms with E-state index in [0.717, 1.165) is 5.56 Å². The van der Waals surface area contributed by atoms with Crippen molar-refractivity contribution in [1.82, 2.24) is 4.90 Å². The van der Waals surface area contributed by atoms with E-state index < -0.39 is 26.9 Å². The van der Waals surface area contributed by atoms with Crippen molar-refractivity contribution in [1.29, 1.82) is 0 Å². The molecule has 148 valence electrons. The van der Waals surface area contributed by atoms with Crippen molar-refractivity contribution in [3.8, 4) is 0 Å². The summed E-state index contributed by atoms with van der Waals surface area (Å²) in [5.74, 6) is -0.573. The lowest BCUT2D eigenvalue weighted by atomic mass is 10.0.